The summed E-state index contributed by atoms with van der Waals surface area (Å²) in [5.74, 6) is -1.11. The van der Waals surface area contributed by atoms with Crippen molar-refractivity contribution in [1.29, 1.82) is 0 Å². The van der Waals surface area contributed by atoms with E-state index in [1.54, 1.807) is 47.4 Å². The number of fused-ring (bicyclic) bond motifs is 2. The quantitative estimate of drug-likeness (QED) is 0.391. The van der Waals surface area contributed by atoms with E-state index in [2.05, 4.69) is 6.07 Å². The number of furan rings is 1. The highest BCUT2D eigenvalue weighted by molar-refractivity contribution is 7.90. The molecule has 7 nitrogen and oxygen atoms in total. The van der Waals surface area contributed by atoms with Gasteiger partial charge in [-0.05, 0) is 59.5 Å². The average Bonchev–Trinajstić information content (AvgIpc) is 3.30. The van der Waals surface area contributed by atoms with Crippen LogP contribution in [0.3, 0.4) is 0 Å². The van der Waals surface area contributed by atoms with Crippen molar-refractivity contribution in [3.05, 3.63) is 98.7 Å². The van der Waals surface area contributed by atoms with Gasteiger partial charge in [0.2, 0.25) is 0 Å². The predicted octanol–water partition coefficient (Wildman–Crippen LogP) is 4.98. The van der Waals surface area contributed by atoms with Crippen molar-refractivity contribution >= 4 is 55.8 Å². The second-order valence-corrected chi connectivity index (χ2v) is 11.4. The number of hydrogen-bond donors (Lipinski definition) is 1. The standard InChI is InChI=1S/C26H19Cl2N2O5S/c1-36(33,34)22-5-3-2-4-17(22)20-12-18-16(10-19(27)23(24(18)28)25(29)31)13-30(20)26(32)15-7-6-14-8-9-35-21(14)11-15/h2,4-11,20H,12-13H2,1H3,(H2,29,31). The van der Waals surface area contributed by atoms with Gasteiger partial charge in [0.1, 0.15) is 5.58 Å². The van der Waals surface area contributed by atoms with Crippen LogP contribution in [-0.4, -0.2) is 31.4 Å². The van der Waals surface area contributed by atoms with Crippen molar-refractivity contribution in [3.8, 4) is 0 Å². The molecule has 36 heavy (non-hydrogen) atoms. The van der Waals surface area contributed by atoms with Gasteiger partial charge in [0, 0.05) is 23.8 Å². The summed E-state index contributed by atoms with van der Waals surface area (Å²) in [5.41, 5.74) is 8.06. The van der Waals surface area contributed by atoms with Gasteiger partial charge in [0.15, 0.2) is 9.84 Å². The fraction of sp³-hybridized carbons (Fsp3) is 0.154. The first kappa shape index (κ1) is 24.4. The Morgan fingerprint density at radius 1 is 1.17 bits per heavy atom. The molecule has 4 aromatic rings. The van der Waals surface area contributed by atoms with E-state index in [1.807, 2.05) is 0 Å². The van der Waals surface area contributed by atoms with Gasteiger partial charge >= 0.3 is 0 Å². The summed E-state index contributed by atoms with van der Waals surface area (Å²) >= 11 is 12.9. The van der Waals surface area contributed by atoms with Crippen molar-refractivity contribution < 1.29 is 22.4 Å². The molecule has 0 spiro atoms. The molecule has 3 aromatic carbocycles. The molecule has 1 aliphatic rings. The van der Waals surface area contributed by atoms with Crippen LogP contribution in [0, 0.1) is 6.07 Å². The molecule has 1 atom stereocenters. The highest BCUT2D eigenvalue weighted by Crippen LogP contribution is 2.42. The molecule has 5 rings (SSSR count). The maximum absolute atomic E-state index is 13.9. The third kappa shape index (κ3) is 4.15. The van der Waals surface area contributed by atoms with E-state index in [4.69, 9.17) is 33.4 Å². The zero-order valence-electron chi connectivity index (χ0n) is 18.9. The molecular formula is C26H19Cl2N2O5S. The van der Waals surface area contributed by atoms with Crippen molar-refractivity contribution in [3.63, 3.8) is 0 Å². The summed E-state index contributed by atoms with van der Waals surface area (Å²) in [6.45, 7) is 0.0787. The molecule has 2 heterocycles. The Kier molecular flexibility index (Phi) is 6.06. The number of nitrogens with two attached hydrogens (primary N) is 1. The highest BCUT2D eigenvalue weighted by atomic mass is 35.5. The molecule has 0 bridgehead atoms. The molecule has 1 radical (unpaired) electrons. The minimum Gasteiger partial charge on any atom is -0.464 e. The number of hydrogen-bond acceptors (Lipinski definition) is 5. The Morgan fingerprint density at radius 3 is 2.67 bits per heavy atom. The molecule has 1 aliphatic heterocycles. The second kappa shape index (κ2) is 8.96. The fourth-order valence-corrected chi connectivity index (χ4v) is 6.34. The van der Waals surface area contributed by atoms with Gasteiger partial charge in [-0.25, -0.2) is 8.42 Å². The smallest absolute Gasteiger partial charge is 0.254 e. The summed E-state index contributed by atoms with van der Waals surface area (Å²) in [4.78, 5) is 27.5. The molecule has 183 valence electrons. The lowest BCUT2D eigenvalue weighted by Crippen LogP contribution is -2.40. The Bertz CT molecular complexity index is 1660. The number of amides is 2. The monoisotopic (exact) mass is 541 g/mol. The number of carbonyl (C=O) groups is 2. The van der Waals surface area contributed by atoms with Crippen LogP contribution in [0.1, 0.15) is 43.4 Å². The minimum atomic E-state index is -3.65. The van der Waals surface area contributed by atoms with Crippen molar-refractivity contribution in [2.75, 3.05) is 6.26 Å². The van der Waals surface area contributed by atoms with E-state index in [-0.39, 0.29) is 39.4 Å². The van der Waals surface area contributed by atoms with Gasteiger partial charge in [0.05, 0.1) is 32.8 Å². The molecule has 1 aromatic heterocycles. The molecule has 2 amide bonds. The third-order valence-corrected chi connectivity index (χ3v) is 8.22. The average molecular weight is 542 g/mol. The van der Waals surface area contributed by atoms with E-state index < -0.39 is 21.8 Å². The van der Waals surface area contributed by atoms with Gasteiger partial charge < -0.3 is 15.1 Å². The normalized spacial score (nSPS) is 15.6. The number of rotatable bonds is 4. The van der Waals surface area contributed by atoms with Crippen LogP contribution in [0.25, 0.3) is 11.0 Å². The fourth-order valence-electron chi connectivity index (χ4n) is 4.66. The number of nitrogens with zero attached hydrogens (tertiary/aromatic N) is 1. The summed E-state index contributed by atoms with van der Waals surface area (Å²) in [5, 5.41) is 1.03. The summed E-state index contributed by atoms with van der Waals surface area (Å²) < 4.78 is 30.7. The third-order valence-electron chi connectivity index (χ3n) is 6.35. The van der Waals surface area contributed by atoms with Gasteiger partial charge in [-0.2, -0.15) is 0 Å². The Hall–Kier alpha value is -3.33. The number of benzene rings is 3. The van der Waals surface area contributed by atoms with E-state index in [0.29, 0.717) is 27.8 Å². The first-order chi connectivity index (χ1) is 17.1. The molecule has 0 fully saturated rings. The zero-order chi connectivity index (χ0) is 25.8. The van der Waals surface area contributed by atoms with Gasteiger partial charge in [-0.3, -0.25) is 9.59 Å². The van der Waals surface area contributed by atoms with Crippen molar-refractivity contribution in [1.82, 2.24) is 4.90 Å². The lowest BCUT2D eigenvalue weighted by Gasteiger charge is -2.38. The first-order valence-electron chi connectivity index (χ1n) is 10.8. The Morgan fingerprint density at radius 2 is 1.94 bits per heavy atom. The highest BCUT2D eigenvalue weighted by Gasteiger charge is 2.36. The maximum Gasteiger partial charge on any atom is 0.254 e. The molecule has 2 N–H and O–H groups in total. The van der Waals surface area contributed by atoms with Crippen LogP contribution >= 0.6 is 23.2 Å². The predicted molar refractivity (Wildman–Crippen MR) is 136 cm³/mol. The van der Waals surface area contributed by atoms with Gasteiger partial charge in [-0.15, -0.1) is 0 Å². The minimum absolute atomic E-state index is 0.0105. The van der Waals surface area contributed by atoms with Crippen LogP contribution in [0.5, 0.6) is 0 Å². The van der Waals surface area contributed by atoms with Crippen LogP contribution in [0.4, 0.5) is 0 Å². The van der Waals surface area contributed by atoms with E-state index in [0.717, 1.165) is 11.6 Å². The summed E-state index contributed by atoms with van der Waals surface area (Å²) in [6.07, 6.45) is 2.79. The van der Waals surface area contributed by atoms with Crippen LogP contribution in [0.15, 0.2) is 64.1 Å². The lowest BCUT2D eigenvalue weighted by molar-refractivity contribution is 0.0634. The van der Waals surface area contributed by atoms with Crippen LogP contribution < -0.4 is 5.73 Å². The lowest BCUT2D eigenvalue weighted by atomic mass is 9.88. The van der Waals surface area contributed by atoms with E-state index in [1.165, 1.54) is 12.3 Å². The topological polar surface area (TPSA) is 111 Å². The van der Waals surface area contributed by atoms with Crippen LogP contribution in [-0.2, 0) is 22.8 Å². The van der Waals surface area contributed by atoms with Gasteiger partial charge in [-0.1, -0.05) is 41.4 Å². The number of halogens is 2. The zero-order valence-corrected chi connectivity index (χ0v) is 21.2. The molecule has 0 saturated carbocycles. The SMILES string of the molecule is CS(=O)(=O)c1c[c]ccc1C1Cc2c(cc(Cl)c(C(N)=O)c2Cl)CN1C(=O)c1ccc2ccoc2c1. The molecule has 10 heteroatoms. The summed E-state index contributed by atoms with van der Waals surface area (Å²) in [6, 6.07) is 15.2. The van der Waals surface area contributed by atoms with Crippen molar-refractivity contribution in [2.24, 2.45) is 5.73 Å². The van der Waals surface area contributed by atoms with E-state index >= 15 is 0 Å². The number of carbonyl (C=O) groups excluding carboxylic acids is 2. The Balaban J connectivity index is 1.70. The molecular weight excluding hydrogens is 523 g/mol. The maximum atomic E-state index is 13.9. The Labute approximate surface area is 217 Å². The largest absolute Gasteiger partial charge is 0.464 e. The van der Waals surface area contributed by atoms with E-state index in [9.17, 15) is 18.0 Å². The van der Waals surface area contributed by atoms with Crippen LogP contribution in [0.2, 0.25) is 10.0 Å². The van der Waals surface area contributed by atoms with Crippen molar-refractivity contribution in [2.45, 2.75) is 23.9 Å². The molecule has 1 unspecified atom stereocenters. The molecule has 0 aliphatic carbocycles. The number of sulfone groups is 1. The number of primary amides is 1. The first-order valence-corrected chi connectivity index (χ1v) is 13.5. The second-order valence-electron chi connectivity index (χ2n) is 8.61. The van der Waals surface area contributed by atoms with Gasteiger partial charge in [0.25, 0.3) is 11.8 Å². The molecule has 0 saturated heterocycles. The summed E-state index contributed by atoms with van der Waals surface area (Å²) in [7, 11) is -3.65.